The standard InChI is InChI=1S/C9H21NO3S/c1-4-13-9(3)8-10-6-7-14(11,12)5-2/h9-10H,4-8H2,1-3H3. The van der Waals surface area contributed by atoms with Crippen molar-refractivity contribution in [2.75, 3.05) is 31.2 Å². The Hall–Kier alpha value is -0.130. The molecule has 0 aliphatic carbocycles. The van der Waals surface area contributed by atoms with Gasteiger partial charge >= 0.3 is 0 Å². The van der Waals surface area contributed by atoms with Crippen LogP contribution in [-0.2, 0) is 14.6 Å². The Labute approximate surface area is 86.9 Å². The lowest BCUT2D eigenvalue weighted by atomic mass is 10.4. The molecule has 0 saturated heterocycles. The van der Waals surface area contributed by atoms with Crippen LogP contribution in [0.2, 0.25) is 0 Å². The third kappa shape index (κ3) is 7.29. The fourth-order valence-electron chi connectivity index (χ4n) is 1.02. The fraction of sp³-hybridized carbons (Fsp3) is 1.00. The molecule has 1 unspecified atom stereocenters. The van der Waals surface area contributed by atoms with Crippen molar-refractivity contribution in [3.63, 3.8) is 0 Å². The fourth-order valence-corrected chi connectivity index (χ4v) is 1.76. The zero-order valence-electron chi connectivity index (χ0n) is 9.25. The Morgan fingerprint density at radius 1 is 1.36 bits per heavy atom. The lowest BCUT2D eigenvalue weighted by molar-refractivity contribution is 0.0766. The topological polar surface area (TPSA) is 55.4 Å². The zero-order valence-corrected chi connectivity index (χ0v) is 10.1. The van der Waals surface area contributed by atoms with Crippen molar-refractivity contribution in [2.45, 2.75) is 26.9 Å². The second kappa shape index (κ2) is 7.20. The van der Waals surface area contributed by atoms with Crippen LogP contribution in [0, 0.1) is 0 Å². The minimum absolute atomic E-state index is 0.143. The molecule has 0 saturated carbocycles. The summed E-state index contributed by atoms with van der Waals surface area (Å²) in [5.74, 6) is 0.429. The number of rotatable bonds is 8. The van der Waals surface area contributed by atoms with E-state index in [-0.39, 0.29) is 17.6 Å². The van der Waals surface area contributed by atoms with Crippen LogP contribution >= 0.6 is 0 Å². The first kappa shape index (κ1) is 13.9. The van der Waals surface area contributed by atoms with Crippen molar-refractivity contribution in [3.05, 3.63) is 0 Å². The van der Waals surface area contributed by atoms with Gasteiger partial charge in [-0.25, -0.2) is 8.42 Å². The van der Waals surface area contributed by atoms with Gasteiger partial charge in [0.1, 0.15) is 0 Å². The highest BCUT2D eigenvalue weighted by molar-refractivity contribution is 7.91. The maximum absolute atomic E-state index is 11.1. The Morgan fingerprint density at radius 2 is 2.00 bits per heavy atom. The molecule has 4 nitrogen and oxygen atoms in total. The number of sulfone groups is 1. The lowest BCUT2D eigenvalue weighted by Crippen LogP contribution is -2.31. The quantitative estimate of drug-likeness (QED) is 0.607. The summed E-state index contributed by atoms with van der Waals surface area (Å²) in [5, 5.41) is 3.06. The average molecular weight is 223 g/mol. The second-order valence-electron chi connectivity index (χ2n) is 3.21. The molecule has 0 aromatic rings. The highest BCUT2D eigenvalue weighted by Crippen LogP contribution is 1.89. The zero-order chi connectivity index (χ0) is 11.0. The summed E-state index contributed by atoms with van der Waals surface area (Å²) in [6.07, 6.45) is 0.143. The van der Waals surface area contributed by atoms with E-state index >= 15 is 0 Å². The highest BCUT2D eigenvalue weighted by atomic mass is 32.2. The maximum atomic E-state index is 11.1. The van der Waals surface area contributed by atoms with Crippen LogP contribution in [-0.4, -0.2) is 45.7 Å². The van der Waals surface area contributed by atoms with Crippen molar-refractivity contribution in [1.82, 2.24) is 5.32 Å². The first-order valence-corrected chi connectivity index (χ1v) is 6.86. The first-order valence-electron chi connectivity index (χ1n) is 5.04. The van der Waals surface area contributed by atoms with Crippen LogP contribution in [0.15, 0.2) is 0 Å². The summed E-state index contributed by atoms with van der Waals surface area (Å²) in [6, 6.07) is 0. The van der Waals surface area contributed by atoms with E-state index in [0.717, 1.165) is 0 Å². The Balaban J connectivity index is 3.47. The van der Waals surface area contributed by atoms with Crippen molar-refractivity contribution in [2.24, 2.45) is 0 Å². The Morgan fingerprint density at radius 3 is 2.50 bits per heavy atom. The van der Waals surface area contributed by atoms with Gasteiger partial charge in [0.2, 0.25) is 0 Å². The minimum Gasteiger partial charge on any atom is -0.377 e. The van der Waals surface area contributed by atoms with Gasteiger partial charge < -0.3 is 10.1 Å². The Kier molecular flexibility index (Phi) is 7.13. The van der Waals surface area contributed by atoms with Gasteiger partial charge in [0.25, 0.3) is 0 Å². The molecule has 0 amide bonds. The van der Waals surface area contributed by atoms with Crippen LogP contribution in [0.3, 0.4) is 0 Å². The van der Waals surface area contributed by atoms with Crippen LogP contribution < -0.4 is 5.32 Å². The monoisotopic (exact) mass is 223 g/mol. The van der Waals surface area contributed by atoms with E-state index in [2.05, 4.69) is 5.32 Å². The summed E-state index contributed by atoms with van der Waals surface area (Å²) in [6.45, 7) is 7.47. The molecule has 0 aromatic carbocycles. The van der Waals surface area contributed by atoms with E-state index < -0.39 is 9.84 Å². The molecule has 0 fully saturated rings. The number of ether oxygens (including phenoxy) is 1. The third-order valence-electron chi connectivity index (χ3n) is 1.91. The molecular formula is C9H21NO3S. The van der Waals surface area contributed by atoms with Gasteiger partial charge in [-0.1, -0.05) is 6.92 Å². The normalized spacial score (nSPS) is 14.2. The van der Waals surface area contributed by atoms with Gasteiger partial charge in [0.15, 0.2) is 9.84 Å². The molecule has 0 heterocycles. The minimum atomic E-state index is -2.83. The summed E-state index contributed by atoms with van der Waals surface area (Å²) in [7, 11) is -2.83. The maximum Gasteiger partial charge on any atom is 0.151 e. The molecule has 5 heteroatoms. The van der Waals surface area contributed by atoms with E-state index in [9.17, 15) is 8.42 Å². The lowest BCUT2D eigenvalue weighted by Gasteiger charge is -2.12. The first-order chi connectivity index (χ1) is 6.52. The van der Waals surface area contributed by atoms with E-state index in [1.165, 1.54) is 0 Å². The van der Waals surface area contributed by atoms with Gasteiger partial charge in [-0.3, -0.25) is 0 Å². The SMILES string of the molecule is CCOC(C)CNCCS(=O)(=O)CC. The summed E-state index contributed by atoms with van der Waals surface area (Å²) in [4.78, 5) is 0. The number of hydrogen-bond donors (Lipinski definition) is 1. The molecule has 0 aromatic heterocycles. The van der Waals surface area contributed by atoms with Gasteiger partial charge in [-0.05, 0) is 13.8 Å². The molecule has 0 radical (unpaired) electrons. The summed E-state index contributed by atoms with van der Waals surface area (Å²) >= 11 is 0. The van der Waals surface area contributed by atoms with Crippen LogP contribution in [0.1, 0.15) is 20.8 Å². The molecule has 0 aliphatic rings. The summed E-state index contributed by atoms with van der Waals surface area (Å²) in [5.41, 5.74) is 0. The molecule has 0 bridgehead atoms. The predicted molar refractivity (Wildman–Crippen MR) is 58.3 cm³/mol. The smallest absolute Gasteiger partial charge is 0.151 e. The Bertz CT molecular complexity index is 226. The molecule has 0 aliphatic heterocycles. The number of hydrogen-bond acceptors (Lipinski definition) is 4. The number of nitrogens with one attached hydrogen (secondary N) is 1. The highest BCUT2D eigenvalue weighted by Gasteiger charge is 2.06. The second-order valence-corrected chi connectivity index (χ2v) is 5.68. The van der Waals surface area contributed by atoms with E-state index in [4.69, 9.17) is 4.74 Å². The van der Waals surface area contributed by atoms with Crippen LogP contribution in [0.5, 0.6) is 0 Å². The van der Waals surface area contributed by atoms with Gasteiger partial charge in [-0.2, -0.15) is 0 Å². The molecule has 1 atom stereocenters. The van der Waals surface area contributed by atoms with E-state index in [1.807, 2.05) is 13.8 Å². The third-order valence-corrected chi connectivity index (χ3v) is 3.62. The van der Waals surface area contributed by atoms with E-state index in [0.29, 0.717) is 19.7 Å². The van der Waals surface area contributed by atoms with Gasteiger partial charge in [0, 0.05) is 25.4 Å². The van der Waals surface area contributed by atoms with Crippen molar-refractivity contribution in [1.29, 1.82) is 0 Å². The van der Waals surface area contributed by atoms with Crippen LogP contribution in [0.25, 0.3) is 0 Å². The van der Waals surface area contributed by atoms with Crippen molar-refractivity contribution >= 4 is 9.84 Å². The van der Waals surface area contributed by atoms with Crippen LogP contribution in [0.4, 0.5) is 0 Å². The largest absolute Gasteiger partial charge is 0.377 e. The molecular weight excluding hydrogens is 202 g/mol. The average Bonchev–Trinajstić information content (AvgIpc) is 2.13. The molecule has 1 N–H and O–H groups in total. The van der Waals surface area contributed by atoms with E-state index in [1.54, 1.807) is 6.92 Å². The summed E-state index contributed by atoms with van der Waals surface area (Å²) < 4.78 is 27.5. The molecule has 0 spiro atoms. The molecule has 86 valence electrons. The van der Waals surface area contributed by atoms with Gasteiger partial charge in [0.05, 0.1) is 11.9 Å². The van der Waals surface area contributed by atoms with Gasteiger partial charge in [-0.15, -0.1) is 0 Å². The molecule has 14 heavy (non-hydrogen) atoms. The molecule has 0 rings (SSSR count). The van der Waals surface area contributed by atoms with Crippen molar-refractivity contribution in [3.8, 4) is 0 Å². The predicted octanol–water partition coefficient (Wildman–Crippen LogP) is 0.436. The van der Waals surface area contributed by atoms with Crippen molar-refractivity contribution < 1.29 is 13.2 Å².